The average molecular weight is 270 g/mol. The molecular weight excluding hydrogens is 252 g/mol. The van der Waals surface area contributed by atoms with Gasteiger partial charge in [-0.15, -0.1) is 0 Å². The Morgan fingerprint density at radius 3 is 3.06 bits per heavy atom. The quantitative estimate of drug-likeness (QED) is 0.823. The molecule has 0 radical (unpaired) electrons. The normalized spacial score (nSPS) is 21.7. The first-order chi connectivity index (χ1) is 8.55. The fraction of sp³-hybridized carbons (Fsp3) is 0.583. The number of piperidine rings is 1. The van der Waals surface area contributed by atoms with Gasteiger partial charge in [0.1, 0.15) is 5.75 Å². The van der Waals surface area contributed by atoms with Crippen molar-refractivity contribution in [3.63, 3.8) is 0 Å². The molecule has 100 valence electrons. The average Bonchev–Trinajstić information content (AvgIpc) is 2.37. The number of hydrogen-bond donors (Lipinski definition) is 0. The Hall–Kier alpha value is -1.14. The van der Waals surface area contributed by atoms with E-state index in [-0.39, 0.29) is 5.92 Å². The van der Waals surface area contributed by atoms with Gasteiger partial charge in [0.2, 0.25) is 10.0 Å². The second kappa shape index (κ2) is 5.67. The van der Waals surface area contributed by atoms with Crippen LogP contribution in [0.5, 0.6) is 5.75 Å². The van der Waals surface area contributed by atoms with Crippen molar-refractivity contribution in [3.8, 4) is 5.75 Å². The van der Waals surface area contributed by atoms with Crippen molar-refractivity contribution in [3.05, 3.63) is 24.5 Å². The van der Waals surface area contributed by atoms with Crippen LogP contribution < -0.4 is 4.74 Å². The molecular formula is C12H18N2O3S. The maximum Gasteiger partial charge on any atom is 0.211 e. The van der Waals surface area contributed by atoms with E-state index in [0.717, 1.165) is 18.6 Å². The lowest BCUT2D eigenvalue weighted by Gasteiger charge is -2.30. The van der Waals surface area contributed by atoms with Gasteiger partial charge in [-0.2, -0.15) is 0 Å². The minimum Gasteiger partial charge on any atom is -0.492 e. The van der Waals surface area contributed by atoms with Gasteiger partial charge in [0.05, 0.1) is 19.1 Å². The van der Waals surface area contributed by atoms with Crippen molar-refractivity contribution in [2.45, 2.75) is 12.8 Å². The van der Waals surface area contributed by atoms with Crippen molar-refractivity contribution < 1.29 is 13.2 Å². The van der Waals surface area contributed by atoms with Gasteiger partial charge >= 0.3 is 0 Å². The third-order valence-electron chi connectivity index (χ3n) is 3.07. The predicted octanol–water partition coefficient (Wildman–Crippen LogP) is 1.13. The summed E-state index contributed by atoms with van der Waals surface area (Å²) in [5, 5.41) is 0. The van der Waals surface area contributed by atoms with E-state index >= 15 is 0 Å². The number of rotatable bonds is 4. The minimum atomic E-state index is -3.08. The SMILES string of the molecule is CS(=O)(=O)N1CCCC(COc2cccnc2)C1. The molecule has 1 saturated heterocycles. The van der Waals surface area contributed by atoms with Gasteiger partial charge < -0.3 is 4.74 Å². The maximum atomic E-state index is 11.5. The molecule has 1 aliphatic heterocycles. The Kier molecular flexibility index (Phi) is 4.19. The summed E-state index contributed by atoms with van der Waals surface area (Å²) < 4.78 is 30.1. The van der Waals surface area contributed by atoms with Crippen LogP contribution in [0.25, 0.3) is 0 Å². The highest BCUT2D eigenvalue weighted by Crippen LogP contribution is 2.19. The van der Waals surface area contributed by atoms with Crippen LogP contribution in [0, 0.1) is 5.92 Å². The van der Waals surface area contributed by atoms with Crippen LogP contribution in [-0.2, 0) is 10.0 Å². The Morgan fingerprint density at radius 2 is 2.39 bits per heavy atom. The smallest absolute Gasteiger partial charge is 0.211 e. The zero-order valence-electron chi connectivity index (χ0n) is 10.4. The number of sulfonamides is 1. The monoisotopic (exact) mass is 270 g/mol. The highest BCUT2D eigenvalue weighted by Gasteiger charge is 2.26. The molecule has 6 heteroatoms. The molecule has 2 rings (SSSR count). The first-order valence-electron chi connectivity index (χ1n) is 6.03. The van der Waals surface area contributed by atoms with Gasteiger partial charge in [-0.3, -0.25) is 4.98 Å². The van der Waals surface area contributed by atoms with Crippen LogP contribution in [0.1, 0.15) is 12.8 Å². The van der Waals surface area contributed by atoms with E-state index in [2.05, 4.69) is 4.98 Å². The minimum absolute atomic E-state index is 0.258. The summed E-state index contributed by atoms with van der Waals surface area (Å²) in [7, 11) is -3.08. The van der Waals surface area contributed by atoms with Gasteiger partial charge in [-0.25, -0.2) is 12.7 Å². The molecule has 18 heavy (non-hydrogen) atoms. The summed E-state index contributed by atoms with van der Waals surface area (Å²) in [6.07, 6.45) is 6.52. The van der Waals surface area contributed by atoms with Crippen LogP contribution in [0.3, 0.4) is 0 Å². The standard InChI is InChI=1S/C12H18N2O3S/c1-18(15,16)14-7-3-4-11(9-14)10-17-12-5-2-6-13-8-12/h2,5-6,8,11H,3-4,7,9-10H2,1H3. The van der Waals surface area contributed by atoms with Gasteiger partial charge in [-0.05, 0) is 25.0 Å². The van der Waals surface area contributed by atoms with E-state index in [1.807, 2.05) is 12.1 Å². The molecule has 1 fully saturated rings. The zero-order valence-corrected chi connectivity index (χ0v) is 11.3. The highest BCUT2D eigenvalue weighted by atomic mass is 32.2. The summed E-state index contributed by atoms with van der Waals surface area (Å²) in [5.74, 6) is 0.989. The number of hydrogen-bond acceptors (Lipinski definition) is 4. The first kappa shape index (κ1) is 13.3. The van der Waals surface area contributed by atoms with E-state index in [1.165, 1.54) is 10.6 Å². The molecule has 1 atom stereocenters. The third-order valence-corrected chi connectivity index (χ3v) is 4.34. The van der Waals surface area contributed by atoms with Crippen molar-refractivity contribution in [2.24, 2.45) is 5.92 Å². The molecule has 1 unspecified atom stereocenters. The van der Waals surface area contributed by atoms with Crippen molar-refractivity contribution >= 4 is 10.0 Å². The molecule has 5 nitrogen and oxygen atoms in total. The molecule has 2 heterocycles. The molecule has 1 aromatic heterocycles. The van der Waals surface area contributed by atoms with E-state index in [9.17, 15) is 8.42 Å². The van der Waals surface area contributed by atoms with Crippen LogP contribution in [0.2, 0.25) is 0 Å². The van der Waals surface area contributed by atoms with Crippen LogP contribution in [-0.4, -0.2) is 43.7 Å². The van der Waals surface area contributed by atoms with E-state index in [4.69, 9.17) is 4.74 Å². The Bertz CT molecular complexity index is 475. The molecule has 1 aliphatic rings. The fourth-order valence-electron chi connectivity index (χ4n) is 2.11. The first-order valence-corrected chi connectivity index (χ1v) is 7.88. The number of pyridine rings is 1. The molecule has 0 aromatic carbocycles. The van der Waals surface area contributed by atoms with Gasteiger partial charge in [0.25, 0.3) is 0 Å². The van der Waals surface area contributed by atoms with E-state index in [1.54, 1.807) is 12.4 Å². The Labute approximate surface area is 108 Å². The summed E-state index contributed by atoms with van der Waals surface area (Å²) >= 11 is 0. The highest BCUT2D eigenvalue weighted by molar-refractivity contribution is 7.88. The van der Waals surface area contributed by atoms with E-state index < -0.39 is 10.0 Å². The second-order valence-electron chi connectivity index (χ2n) is 4.63. The lowest BCUT2D eigenvalue weighted by molar-refractivity contribution is 0.180. The second-order valence-corrected chi connectivity index (χ2v) is 6.61. The summed E-state index contributed by atoms with van der Waals surface area (Å²) in [6, 6.07) is 3.67. The number of nitrogens with zero attached hydrogens (tertiary/aromatic N) is 2. The Balaban J connectivity index is 1.87. The molecule has 0 N–H and O–H groups in total. The lowest BCUT2D eigenvalue weighted by Crippen LogP contribution is -2.40. The molecule has 0 amide bonds. The van der Waals surface area contributed by atoms with Crippen LogP contribution in [0.15, 0.2) is 24.5 Å². The molecule has 0 aliphatic carbocycles. The fourth-order valence-corrected chi connectivity index (χ4v) is 3.05. The maximum absolute atomic E-state index is 11.5. The van der Waals surface area contributed by atoms with E-state index in [0.29, 0.717) is 19.7 Å². The lowest BCUT2D eigenvalue weighted by atomic mass is 10.0. The van der Waals surface area contributed by atoms with Crippen molar-refractivity contribution in [2.75, 3.05) is 26.0 Å². The molecule has 0 bridgehead atoms. The molecule has 0 saturated carbocycles. The van der Waals surface area contributed by atoms with Gasteiger partial charge in [0, 0.05) is 25.2 Å². The summed E-state index contributed by atoms with van der Waals surface area (Å²) in [6.45, 7) is 1.72. The largest absolute Gasteiger partial charge is 0.492 e. The molecule has 0 spiro atoms. The van der Waals surface area contributed by atoms with Crippen LogP contribution >= 0.6 is 0 Å². The zero-order chi connectivity index (χ0) is 13.0. The predicted molar refractivity (Wildman–Crippen MR) is 68.9 cm³/mol. The molecule has 1 aromatic rings. The Morgan fingerprint density at radius 1 is 1.56 bits per heavy atom. The van der Waals surface area contributed by atoms with Gasteiger partial charge in [-0.1, -0.05) is 0 Å². The number of aromatic nitrogens is 1. The van der Waals surface area contributed by atoms with Gasteiger partial charge in [0.15, 0.2) is 0 Å². The summed E-state index contributed by atoms with van der Waals surface area (Å²) in [4.78, 5) is 3.97. The van der Waals surface area contributed by atoms with Crippen molar-refractivity contribution in [1.29, 1.82) is 0 Å². The third kappa shape index (κ3) is 3.68. The van der Waals surface area contributed by atoms with Crippen LogP contribution in [0.4, 0.5) is 0 Å². The topological polar surface area (TPSA) is 59.5 Å². The summed E-state index contributed by atoms with van der Waals surface area (Å²) in [5.41, 5.74) is 0. The number of ether oxygens (including phenoxy) is 1. The van der Waals surface area contributed by atoms with Crippen molar-refractivity contribution in [1.82, 2.24) is 9.29 Å².